The molecule has 0 aliphatic rings. The first-order chi connectivity index (χ1) is 30.3. The molecule has 284 valence electrons. The van der Waals surface area contributed by atoms with Crippen LogP contribution in [-0.4, -0.2) is 14.5 Å². The Morgan fingerprint density at radius 3 is 1.62 bits per heavy atom. The number of aromatic nitrogens is 3. The summed E-state index contributed by atoms with van der Waals surface area (Å²) in [4.78, 5) is 11.1. The van der Waals surface area contributed by atoms with Crippen molar-refractivity contribution in [1.82, 2.24) is 14.5 Å². The van der Waals surface area contributed by atoms with Gasteiger partial charge in [-0.1, -0.05) is 194 Å². The first kappa shape index (κ1) is 34.9. The number of nitrogens with zero attached hydrogens (tertiary/aromatic N) is 3. The number of benzene rings is 10. The van der Waals surface area contributed by atoms with Gasteiger partial charge in [0.15, 0.2) is 0 Å². The van der Waals surface area contributed by atoms with Gasteiger partial charge in [-0.3, -0.25) is 4.57 Å². The molecule has 0 amide bonds. The third-order valence-electron chi connectivity index (χ3n) is 12.2. The molecule has 10 aromatic carbocycles. The van der Waals surface area contributed by atoms with E-state index in [0.717, 1.165) is 60.3 Å². The molecule has 0 fully saturated rings. The summed E-state index contributed by atoms with van der Waals surface area (Å²) in [6.07, 6.45) is 0. The predicted octanol–water partition coefficient (Wildman–Crippen LogP) is 15.4. The van der Waals surface area contributed by atoms with Gasteiger partial charge in [-0.2, -0.15) is 0 Å². The molecule has 0 atom stereocenters. The van der Waals surface area contributed by atoms with Crippen LogP contribution in [0.2, 0.25) is 0 Å². The smallest absolute Gasteiger partial charge is 0.235 e. The summed E-state index contributed by atoms with van der Waals surface area (Å²) in [5.41, 5.74) is 14.5. The van der Waals surface area contributed by atoms with Crippen molar-refractivity contribution in [2.45, 2.75) is 0 Å². The Labute approximate surface area is 353 Å². The second kappa shape index (κ2) is 14.3. The maximum Gasteiger partial charge on any atom is 0.235 e. The van der Waals surface area contributed by atoms with Crippen molar-refractivity contribution in [3.63, 3.8) is 0 Å². The minimum absolute atomic E-state index is 0.643. The maximum absolute atomic E-state index is 5.57. The summed E-state index contributed by atoms with van der Waals surface area (Å²) in [7, 11) is 0. The highest BCUT2D eigenvalue weighted by Crippen LogP contribution is 2.41. The zero-order valence-electron chi connectivity index (χ0n) is 33.2. The van der Waals surface area contributed by atoms with Crippen molar-refractivity contribution in [2.24, 2.45) is 0 Å². The molecule has 0 saturated carbocycles. The Morgan fingerprint density at radius 1 is 0.295 bits per heavy atom. The van der Waals surface area contributed by atoms with Crippen LogP contribution in [0, 0.1) is 0 Å². The van der Waals surface area contributed by atoms with Crippen LogP contribution in [0.1, 0.15) is 0 Å². The molecule has 0 unspecified atom stereocenters. The molecule has 0 radical (unpaired) electrons. The average Bonchev–Trinajstić information content (AvgIpc) is 3.67. The summed E-state index contributed by atoms with van der Waals surface area (Å²) < 4.78 is 2.25. The highest BCUT2D eigenvalue weighted by atomic mass is 15.2. The van der Waals surface area contributed by atoms with Gasteiger partial charge in [0.1, 0.15) is 0 Å². The van der Waals surface area contributed by atoms with Crippen LogP contribution >= 0.6 is 0 Å². The quantitative estimate of drug-likeness (QED) is 0.158. The largest absolute Gasteiger partial charge is 0.278 e. The number of rotatable bonds is 6. The molecule has 3 nitrogen and oxygen atoms in total. The normalized spacial score (nSPS) is 11.6. The van der Waals surface area contributed by atoms with Crippen LogP contribution in [0.15, 0.2) is 224 Å². The fraction of sp³-hybridized carbons (Fsp3) is 0. The zero-order valence-corrected chi connectivity index (χ0v) is 33.2. The summed E-state index contributed by atoms with van der Waals surface area (Å²) in [5.74, 6) is 0.643. The third-order valence-corrected chi connectivity index (χ3v) is 12.2. The van der Waals surface area contributed by atoms with Gasteiger partial charge in [0.25, 0.3) is 0 Å². The monoisotopic (exact) mass is 775 g/mol. The standard InChI is InChI=1S/C58H37N3/c1-3-16-38(17-4-1)45-25-9-10-26-46(45)43-33-35-54-52(37-43)50-28-11-12-31-53(50)61(54)58-59-56(51-34-32-40-20-7-8-27-49(40)57(51)60-58)44-24-13-23-42(36-44)48-30-15-22-41-21-14-29-47(55(41)48)39-18-5-2-6-19-39/h1-37H. The van der Waals surface area contributed by atoms with E-state index in [-0.39, 0.29) is 0 Å². The molecule has 0 N–H and O–H groups in total. The highest BCUT2D eigenvalue weighted by Gasteiger charge is 2.20. The van der Waals surface area contributed by atoms with Crippen molar-refractivity contribution in [3.05, 3.63) is 224 Å². The topological polar surface area (TPSA) is 30.7 Å². The molecule has 0 saturated heterocycles. The van der Waals surface area contributed by atoms with Crippen LogP contribution in [0.4, 0.5) is 0 Å². The second-order valence-corrected chi connectivity index (χ2v) is 15.7. The summed E-state index contributed by atoms with van der Waals surface area (Å²) in [5, 5.41) is 8.03. The van der Waals surface area contributed by atoms with E-state index >= 15 is 0 Å². The highest BCUT2D eigenvalue weighted by molar-refractivity contribution is 6.13. The van der Waals surface area contributed by atoms with Crippen molar-refractivity contribution in [3.8, 4) is 61.7 Å². The average molecular weight is 776 g/mol. The van der Waals surface area contributed by atoms with E-state index < -0.39 is 0 Å². The summed E-state index contributed by atoms with van der Waals surface area (Å²) >= 11 is 0. The predicted molar refractivity (Wildman–Crippen MR) is 256 cm³/mol. The summed E-state index contributed by atoms with van der Waals surface area (Å²) in [6, 6.07) is 80.5. The zero-order chi connectivity index (χ0) is 40.3. The Balaban J connectivity index is 1.09. The minimum Gasteiger partial charge on any atom is -0.278 e. The minimum atomic E-state index is 0.643. The van der Waals surface area contributed by atoms with E-state index in [2.05, 4.69) is 229 Å². The van der Waals surface area contributed by atoms with Crippen molar-refractivity contribution in [1.29, 1.82) is 0 Å². The molecule has 2 heterocycles. The molecular formula is C58H37N3. The van der Waals surface area contributed by atoms with Crippen LogP contribution in [-0.2, 0) is 0 Å². The Morgan fingerprint density at radius 2 is 0.836 bits per heavy atom. The Bertz CT molecular complexity index is 3640. The number of fused-ring (bicyclic) bond motifs is 7. The number of hydrogen-bond acceptors (Lipinski definition) is 2. The lowest BCUT2D eigenvalue weighted by molar-refractivity contribution is 1.02. The van der Waals surface area contributed by atoms with Gasteiger partial charge in [0.2, 0.25) is 5.95 Å². The molecule has 0 aliphatic carbocycles. The van der Waals surface area contributed by atoms with E-state index in [4.69, 9.17) is 9.97 Å². The van der Waals surface area contributed by atoms with Gasteiger partial charge in [0, 0.05) is 27.1 Å². The molecule has 2 aromatic heterocycles. The molecule has 61 heavy (non-hydrogen) atoms. The first-order valence-corrected chi connectivity index (χ1v) is 20.8. The van der Waals surface area contributed by atoms with Crippen LogP contribution in [0.5, 0.6) is 0 Å². The third kappa shape index (κ3) is 5.82. The Kier molecular flexibility index (Phi) is 8.17. The van der Waals surface area contributed by atoms with Gasteiger partial charge in [-0.05, 0) is 91.0 Å². The molecule has 3 heteroatoms. The van der Waals surface area contributed by atoms with Gasteiger partial charge < -0.3 is 0 Å². The van der Waals surface area contributed by atoms with Gasteiger partial charge in [0.05, 0.1) is 22.2 Å². The lowest BCUT2D eigenvalue weighted by Crippen LogP contribution is -2.04. The summed E-state index contributed by atoms with van der Waals surface area (Å²) in [6.45, 7) is 0. The molecule has 0 spiro atoms. The van der Waals surface area contributed by atoms with Crippen LogP contribution in [0.25, 0.3) is 116 Å². The molecular weight excluding hydrogens is 739 g/mol. The molecule has 12 aromatic rings. The second-order valence-electron chi connectivity index (χ2n) is 15.7. The van der Waals surface area contributed by atoms with Crippen molar-refractivity contribution < 1.29 is 0 Å². The van der Waals surface area contributed by atoms with E-state index in [1.807, 2.05) is 0 Å². The lowest BCUT2D eigenvalue weighted by atomic mass is 9.90. The fourth-order valence-electron chi connectivity index (χ4n) is 9.41. The SMILES string of the molecule is c1ccc(-c2ccccc2-c2ccc3c(c2)c2ccccc2n3-c2nc(-c3cccc(-c4cccc5cccc(-c6ccccc6)c45)c3)c3ccc4ccccc4c3n2)cc1. The van der Waals surface area contributed by atoms with E-state index in [1.165, 1.54) is 49.7 Å². The molecule has 0 bridgehead atoms. The lowest BCUT2D eigenvalue weighted by Gasteiger charge is -2.15. The van der Waals surface area contributed by atoms with E-state index in [1.54, 1.807) is 0 Å². The number of para-hydroxylation sites is 1. The molecule has 12 rings (SSSR count). The maximum atomic E-state index is 5.57. The van der Waals surface area contributed by atoms with Gasteiger partial charge in [-0.25, -0.2) is 9.97 Å². The molecule has 0 aliphatic heterocycles. The number of hydrogen-bond donors (Lipinski definition) is 0. The van der Waals surface area contributed by atoms with Gasteiger partial charge in [-0.15, -0.1) is 0 Å². The van der Waals surface area contributed by atoms with Crippen LogP contribution < -0.4 is 0 Å². The Hall–Kier alpha value is -8.14. The van der Waals surface area contributed by atoms with Crippen LogP contribution in [0.3, 0.4) is 0 Å². The van der Waals surface area contributed by atoms with E-state index in [9.17, 15) is 0 Å². The van der Waals surface area contributed by atoms with Crippen molar-refractivity contribution >= 4 is 54.3 Å². The van der Waals surface area contributed by atoms with Crippen molar-refractivity contribution in [2.75, 3.05) is 0 Å². The first-order valence-electron chi connectivity index (χ1n) is 20.8. The van der Waals surface area contributed by atoms with Gasteiger partial charge >= 0.3 is 0 Å². The van der Waals surface area contributed by atoms with E-state index in [0.29, 0.717) is 5.95 Å². The fourth-order valence-corrected chi connectivity index (χ4v) is 9.41.